The maximum absolute atomic E-state index is 13.2. The van der Waals surface area contributed by atoms with Crippen LogP contribution in [0.1, 0.15) is 52.4 Å². The maximum Gasteiger partial charge on any atom is 0.304 e. The van der Waals surface area contributed by atoms with E-state index in [1.165, 1.54) is 0 Å². The minimum atomic E-state index is -1.04. The smallest absolute Gasteiger partial charge is 0.304 e. The van der Waals surface area contributed by atoms with Crippen LogP contribution >= 0.6 is 0 Å². The molecule has 0 radical (unpaired) electrons. The number of nitrogens with zero attached hydrogens (tertiary/aromatic N) is 2. The summed E-state index contributed by atoms with van der Waals surface area (Å²) < 4.78 is 0. The van der Waals surface area contributed by atoms with Crippen LogP contribution in [0, 0.1) is 5.92 Å². The Bertz CT molecular complexity index is 1560. The molecule has 4 N–H and O–H groups in total. The van der Waals surface area contributed by atoms with Gasteiger partial charge in [0.05, 0.1) is 24.5 Å². The van der Waals surface area contributed by atoms with Crippen molar-refractivity contribution in [1.82, 2.24) is 9.88 Å². The molecule has 4 aromatic rings. The number of carboxylic acid groups (broad SMARTS) is 1. The topological polar surface area (TPSA) is 132 Å². The number of aliphatic hydroxyl groups is 1. The molecule has 1 aliphatic heterocycles. The predicted octanol–water partition coefficient (Wildman–Crippen LogP) is 5.30. The molecular weight excluding hydrogens is 556 g/mol. The molecule has 226 valence electrons. The molecule has 0 spiro atoms. The van der Waals surface area contributed by atoms with Gasteiger partial charge in [-0.1, -0.05) is 72.8 Å². The molecule has 1 aromatic heterocycles. The SMILES string of the molecule is O=C(O)C[C@@H]1C[C@@H](C(O)c2ccc(C(=O)Nc3ccnc(NCc4ccccc4)c3)cc2)N(CCCc2ccccc2)C1=O. The summed E-state index contributed by atoms with van der Waals surface area (Å²) in [5, 5.41) is 26.8. The lowest BCUT2D eigenvalue weighted by atomic mass is 9.94. The third-order valence-electron chi connectivity index (χ3n) is 7.90. The molecule has 5 rings (SSSR count). The number of rotatable bonds is 13. The van der Waals surface area contributed by atoms with Crippen LogP contribution < -0.4 is 10.6 Å². The molecule has 1 saturated heterocycles. The molecule has 1 aliphatic rings. The normalized spacial score (nSPS) is 16.8. The summed E-state index contributed by atoms with van der Waals surface area (Å²) in [4.78, 5) is 43.5. The Kier molecular flexibility index (Phi) is 9.99. The summed E-state index contributed by atoms with van der Waals surface area (Å²) in [5.41, 5.74) is 3.81. The Hall–Kier alpha value is -5.02. The lowest BCUT2D eigenvalue weighted by molar-refractivity contribution is -0.142. The van der Waals surface area contributed by atoms with Gasteiger partial charge in [0.1, 0.15) is 5.82 Å². The van der Waals surface area contributed by atoms with E-state index in [-0.39, 0.29) is 24.7 Å². The molecule has 3 aromatic carbocycles. The second-order valence-corrected chi connectivity index (χ2v) is 11.0. The van der Waals surface area contributed by atoms with Gasteiger partial charge in [-0.15, -0.1) is 0 Å². The Morgan fingerprint density at radius 2 is 1.61 bits per heavy atom. The molecule has 9 nitrogen and oxygen atoms in total. The van der Waals surface area contributed by atoms with Crippen LogP contribution in [-0.2, 0) is 22.6 Å². The van der Waals surface area contributed by atoms with Crippen LogP contribution in [0.5, 0.6) is 0 Å². The van der Waals surface area contributed by atoms with Crippen LogP contribution in [-0.4, -0.2) is 50.5 Å². The third kappa shape index (κ3) is 7.87. The van der Waals surface area contributed by atoms with Crippen molar-refractivity contribution < 1.29 is 24.6 Å². The van der Waals surface area contributed by atoms with E-state index in [4.69, 9.17) is 0 Å². The van der Waals surface area contributed by atoms with Gasteiger partial charge in [-0.2, -0.15) is 0 Å². The third-order valence-corrected chi connectivity index (χ3v) is 7.90. The first kappa shape index (κ1) is 30.4. The van der Waals surface area contributed by atoms with Crippen molar-refractivity contribution in [3.8, 4) is 0 Å². The van der Waals surface area contributed by atoms with E-state index in [1.54, 1.807) is 47.5 Å². The predicted molar refractivity (Wildman–Crippen MR) is 168 cm³/mol. The average molecular weight is 593 g/mol. The van der Waals surface area contributed by atoms with E-state index in [1.807, 2.05) is 60.7 Å². The Balaban J connectivity index is 1.21. The fourth-order valence-corrected chi connectivity index (χ4v) is 5.62. The van der Waals surface area contributed by atoms with Gasteiger partial charge in [0, 0.05) is 36.6 Å². The first-order chi connectivity index (χ1) is 21.4. The Labute approximate surface area is 256 Å². The summed E-state index contributed by atoms with van der Waals surface area (Å²) in [6.45, 7) is 1.02. The van der Waals surface area contributed by atoms with Gasteiger partial charge < -0.3 is 25.7 Å². The molecular formula is C35H36N4O5. The van der Waals surface area contributed by atoms with Gasteiger partial charge in [-0.25, -0.2) is 4.98 Å². The van der Waals surface area contributed by atoms with Gasteiger partial charge in [-0.3, -0.25) is 14.4 Å². The molecule has 1 fully saturated rings. The lowest BCUT2D eigenvalue weighted by Gasteiger charge is -2.29. The van der Waals surface area contributed by atoms with Crippen molar-refractivity contribution in [2.24, 2.45) is 5.92 Å². The number of likely N-dealkylation sites (tertiary alicyclic amines) is 1. The zero-order valence-electron chi connectivity index (χ0n) is 24.3. The van der Waals surface area contributed by atoms with E-state index in [0.29, 0.717) is 42.1 Å². The Morgan fingerprint density at radius 3 is 2.30 bits per heavy atom. The maximum atomic E-state index is 13.2. The van der Waals surface area contributed by atoms with Crippen molar-refractivity contribution in [3.05, 3.63) is 126 Å². The number of aromatic nitrogens is 1. The number of aliphatic hydroxyl groups excluding tert-OH is 1. The molecule has 9 heteroatoms. The first-order valence-corrected chi connectivity index (χ1v) is 14.8. The number of anilines is 2. The lowest BCUT2D eigenvalue weighted by Crippen LogP contribution is -2.38. The van der Waals surface area contributed by atoms with Crippen molar-refractivity contribution in [3.63, 3.8) is 0 Å². The van der Waals surface area contributed by atoms with Crippen LogP contribution in [0.25, 0.3) is 0 Å². The number of amides is 2. The largest absolute Gasteiger partial charge is 0.481 e. The standard InChI is InChI=1S/C35H36N4O5/c40-32(41)21-28-20-30(39(35(28)44)19-7-12-24-8-3-1-4-9-24)33(42)26-13-15-27(16-14-26)34(43)38-29-17-18-36-31(22-29)37-23-25-10-5-2-6-11-25/h1-6,8-11,13-18,22,28,30,33,42H,7,12,19-21,23H2,(H,40,41)(H2,36,37,38,43)/t28-,30-,33?/m0/s1. The highest BCUT2D eigenvalue weighted by Gasteiger charge is 2.43. The highest BCUT2D eigenvalue weighted by atomic mass is 16.4. The number of pyridine rings is 1. The van der Waals surface area contributed by atoms with Crippen LogP contribution in [0.2, 0.25) is 0 Å². The van der Waals surface area contributed by atoms with Crippen molar-refractivity contribution in [2.45, 2.75) is 44.4 Å². The van der Waals surface area contributed by atoms with Crippen molar-refractivity contribution in [1.29, 1.82) is 0 Å². The molecule has 44 heavy (non-hydrogen) atoms. The summed E-state index contributed by atoms with van der Waals surface area (Å²) in [5.74, 6) is -1.64. The van der Waals surface area contributed by atoms with Crippen LogP contribution in [0.4, 0.5) is 11.5 Å². The second kappa shape index (κ2) is 14.4. The number of nitrogens with one attached hydrogen (secondary N) is 2. The molecule has 3 atom stereocenters. The molecule has 0 aliphatic carbocycles. The monoisotopic (exact) mass is 592 g/mol. The van der Waals surface area contributed by atoms with Crippen LogP contribution in [0.15, 0.2) is 103 Å². The van der Waals surface area contributed by atoms with E-state index >= 15 is 0 Å². The van der Waals surface area contributed by atoms with Gasteiger partial charge in [0.15, 0.2) is 0 Å². The molecule has 2 amide bonds. The van der Waals surface area contributed by atoms with Crippen molar-refractivity contribution in [2.75, 3.05) is 17.2 Å². The summed E-state index contributed by atoms with van der Waals surface area (Å²) in [7, 11) is 0. The fourth-order valence-electron chi connectivity index (χ4n) is 5.62. The minimum Gasteiger partial charge on any atom is -0.481 e. The van der Waals surface area contributed by atoms with E-state index in [2.05, 4.69) is 15.6 Å². The Morgan fingerprint density at radius 1 is 0.932 bits per heavy atom. The van der Waals surface area contributed by atoms with Gasteiger partial charge >= 0.3 is 5.97 Å². The number of benzene rings is 3. The average Bonchev–Trinajstić information content (AvgIpc) is 3.34. The summed E-state index contributed by atoms with van der Waals surface area (Å²) in [6.07, 6.45) is 2.04. The number of hydrogen-bond donors (Lipinski definition) is 4. The first-order valence-electron chi connectivity index (χ1n) is 14.8. The minimum absolute atomic E-state index is 0.240. The molecule has 1 unspecified atom stereocenters. The summed E-state index contributed by atoms with van der Waals surface area (Å²) >= 11 is 0. The van der Waals surface area contributed by atoms with E-state index in [9.17, 15) is 24.6 Å². The summed E-state index contributed by atoms with van der Waals surface area (Å²) in [6, 6.07) is 29.4. The second-order valence-electron chi connectivity index (χ2n) is 11.0. The number of carbonyl (C=O) groups excluding carboxylic acids is 2. The zero-order valence-corrected chi connectivity index (χ0v) is 24.3. The number of aliphatic carboxylic acids is 1. The highest BCUT2D eigenvalue weighted by molar-refractivity contribution is 6.04. The van der Waals surface area contributed by atoms with Crippen LogP contribution in [0.3, 0.4) is 0 Å². The quantitative estimate of drug-likeness (QED) is 0.166. The van der Waals surface area contributed by atoms with Gasteiger partial charge in [0.2, 0.25) is 5.91 Å². The fraction of sp³-hybridized carbons (Fsp3) is 0.257. The van der Waals surface area contributed by atoms with E-state index < -0.39 is 24.0 Å². The number of hydrogen-bond acceptors (Lipinski definition) is 6. The van der Waals surface area contributed by atoms with Crippen molar-refractivity contribution >= 4 is 29.3 Å². The highest BCUT2D eigenvalue weighted by Crippen LogP contribution is 2.35. The van der Waals surface area contributed by atoms with Gasteiger partial charge in [-0.05, 0) is 54.2 Å². The number of aryl methyl sites for hydroxylation is 1. The van der Waals surface area contributed by atoms with E-state index in [0.717, 1.165) is 17.5 Å². The molecule has 0 bridgehead atoms. The number of carboxylic acids is 1. The molecule has 0 saturated carbocycles. The van der Waals surface area contributed by atoms with Gasteiger partial charge in [0.25, 0.3) is 5.91 Å². The zero-order chi connectivity index (χ0) is 30.9. The molecule has 2 heterocycles. The number of carbonyl (C=O) groups is 3.